The Hall–Kier alpha value is -2.68. The minimum atomic E-state index is -4.72. The van der Waals surface area contributed by atoms with E-state index < -0.39 is 6.36 Å². The fourth-order valence-electron chi connectivity index (χ4n) is 1.91. The van der Waals surface area contributed by atoms with Crippen LogP contribution in [0.5, 0.6) is 17.2 Å². The van der Waals surface area contributed by atoms with Gasteiger partial charge in [0, 0.05) is 29.6 Å². The van der Waals surface area contributed by atoms with Crippen LogP contribution in [0.15, 0.2) is 42.5 Å². The smallest absolute Gasteiger partial charge is 0.497 e. The van der Waals surface area contributed by atoms with Crippen LogP contribution in [0.25, 0.3) is 0 Å². The highest BCUT2D eigenvalue weighted by Crippen LogP contribution is 2.26. The molecule has 0 spiro atoms. The summed E-state index contributed by atoms with van der Waals surface area (Å²) in [6.07, 6.45) is -4.72. The lowest BCUT2D eigenvalue weighted by Gasteiger charge is -2.13. The zero-order chi connectivity index (χ0) is 18.4. The number of nitrogens with one attached hydrogen (secondary N) is 2. The van der Waals surface area contributed by atoms with Gasteiger partial charge in [0.2, 0.25) is 0 Å². The fourth-order valence-corrected chi connectivity index (χ4v) is 2.15. The second kappa shape index (κ2) is 7.93. The first-order valence-corrected chi connectivity index (χ1v) is 7.37. The number of ether oxygens (including phenoxy) is 3. The summed E-state index contributed by atoms with van der Waals surface area (Å²) in [7, 11) is 3.05. The molecule has 0 bridgehead atoms. The van der Waals surface area contributed by atoms with Crippen LogP contribution >= 0.6 is 12.2 Å². The number of anilines is 2. The third-order valence-corrected chi connectivity index (χ3v) is 3.16. The van der Waals surface area contributed by atoms with E-state index in [1.54, 1.807) is 18.2 Å². The quantitative estimate of drug-likeness (QED) is 0.759. The predicted octanol–water partition coefficient (Wildman–Crippen LogP) is 4.41. The molecule has 0 aliphatic rings. The fraction of sp³-hybridized carbons (Fsp3) is 0.188. The lowest BCUT2D eigenvalue weighted by atomic mass is 10.2. The number of rotatable bonds is 5. The molecule has 0 radical (unpaired) electrons. The maximum absolute atomic E-state index is 12.1. The molecule has 2 aromatic rings. The van der Waals surface area contributed by atoms with Crippen LogP contribution in [0.3, 0.4) is 0 Å². The van der Waals surface area contributed by atoms with Gasteiger partial charge in [-0.3, -0.25) is 0 Å². The summed E-state index contributed by atoms with van der Waals surface area (Å²) in [4.78, 5) is 0. The van der Waals surface area contributed by atoms with Crippen molar-refractivity contribution in [3.63, 3.8) is 0 Å². The minimum absolute atomic E-state index is 0.250. The van der Waals surface area contributed by atoms with Gasteiger partial charge in [0.25, 0.3) is 0 Å². The first-order chi connectivity index (χ1) is 11.8. The monoisotopic (exact) mass is 372 g/mol. The predicted molar refractivity (Wildman–Crippen MR) is 92.5 cm³/mol. The molecule has 25 heavy (non-hydrogen) atoms. The van der Waals surface area contributed by atoms with Crippen molar-refractivity contribution in [2.75, 3.05) is 24.9 Å². The van der Waals surface area contributed by atoms with E-state index in [-0.39, 0.29) is 10.9 Å². The molecular formula is C16H15F3N2O3S. The summed E-state index contributed by atoms with van der Waals surface area (Å²) >= 11 is 5.18. The number of thiocarbonyl (C=S) groups is 1. The molecule has 0 atom stereocenters. The van der Waals surface area contributed by atoms with E-state index in [4.69, 9.17) is 21.7 Å². The van der Waals surface area contributed by atoms with Crippen LogP contribution in [0.2, 0.25) is 0 Å². The molecule has 0 aromatic heterocycles. The molecule has 2 N–H and O–H groups in total. The topological polar surface area (TPSA) is 51.8 Å². The average Bonchev–Trinajstić information content (AvgIpc) is 2.54. The van der Waals surface area contributed by atoms with Gasteiger partial charge in [-0.25, -0.2) is 0 Å². The Morgan fingerprint density at radius 3 is 1.84 bits per heavy atom. The highest BCUT2D eigenvalue weighted by Gasteiger charge is 2.30. The van der Waals surface area contributed by atoms with Gasteiger partial charge in [0.05, 0.1) is 14.2 Å². The van der Waals surface area contributed by atoms with Gasteiger partial charge in [0.1, 0.15) is 17.2 Å². The van der Waals surface area contributed by atoms with Crippen molar-refractivity contribution in [2.24, 2.45) is 0 Å². The van der Waals surface area contributed by atoms with E-state index in [1.165, 1.54) is 38.5 Å². The summed E-state index contributed by atoms with van der Waals surface area (Å²) in [6.45, 7) is 0. The van der Waals surface area contributed by atoms with Crippen LogP contribution in [-0.4, -0.2) is 25.7 Å². The molecule has 2 rings (SSSR count). The Labute approximate surface area is 147 Å². The second-order valence-electron chi connectivity index (χ2n) is 4.75. The normalized spacial score (nSPS) is 10.8. The van der Waals surface area contributed by atoms with E-state index in [1.807, 2.05) is 0 Å². The summed E-state index contributed by atoms with van der Waals surface area (Å²) < 4.78 is 50.5. The number of benzene rings is 2. The highest BCUT2D eigenvalue weighted by molar-refractivity contribution is 7.80. The molecule has 2 aromatic carbocycles. The third-order valence-electron chi connectivity index (χ3n) is 2.96. The van der Waals surface area contributed by atoms with Gasteiger partial charge in [-0.2, -0.15) is 0 Å². The molecule has 0 fully saturated rings. The largest absolute Gasteiger partial charge is 0.573 e. The molecule has 5 nitrogen and oxygen atoms in total. The lowest BCUT2D eigenvalue weighted by Crippen LogP contribution is -2.19. The Kier molecular flexibility index (Phi) is 5.92. The molecule has 0 amide bonds. The first kappa shape index (κ1) is 18.7. The van der Waals surface area contributed by atoms with Crippen LogP contribution in [0.4, 0.5) is 24.5 Å². The van der Waals surface area contributed by atoms with E-state index in [9.17, 15) is 13.2 Å². The van der Waals surface area contributed by atoms with Gasteiger partial charge in [-0.15, -0.1) is 13.2 Å². The van der Waals surface area contributed by atoms with Crippen molar-refractivity contribution in [2.45, 2.75) is 6.36 Å². The van der Waals surface area contributed by atoms with Crippen molar-refractivity contribution in [3.05, 3.63) is 42.5 Å². The molecule has 0 heterocycles. The van der Waals surface area contributed by atoms with Crippen LogP contribution in [0.1, 0.15) is 0 Å². The van der Waals surface area contributed by atoms with Gasteiger partial charge in [-0.1, -0.05) is 0 Å². The van der Waals surface area contributed by atoms with Gasteiger partial charge in [-0.05, 0) is 36.5 Å². The molecule has 0 unspecified atom stereocenters. The SMILES string of the molecule is COc1cc(NC(=S)Nc2ccc(OC(F)(F)F)cc2)cc(OC)c1. The number of hydrogen-bond donors (Lipinski definition) is 2. The van der Waals surface area contributed by atoms with Crippen LogP contribution in [0, 0.1) is 0 Å². The van der Waals surface area contributed by atoms with Gasteiger partial charge >= 0.3 is 6.36 Å². The molecule has 0 aliphatic carbocycles. The first-order valence-electron chi connectivity index (χ1n) is 6.96. The highest BCUT2D eigenvalue weighted by atomic mass is 32.1. The molecular weight excluding hydrogens is 357 g/mol. The second-order valence-corrected chi connectivity index (χ2v) is 5.16. The van der Waals surface area contributed by atoms with E-state index in [0.29, 0.717) is 22.9 Å². The Morgan fingerprint density at radius 2 is 1.36 bits per heavy atom. The van der Waals surface area contributed by atoms with Crippen LogP contribution in [-0.2, 0) is 0 Å². The zero-order valence-electron chi connectivity index (χ0n) is 13.3. The average molecular weight is 372 g/mol. The zero-order valence-corrected chi connectivity index (χ0v) is 14.1. The summed E-state index contributed by atoms with van der Waals surface area (Å²) in [6, 6.07) is 10.4. The molecule has 0 saturated carbocycles. The summed E-state index contributed by atoms with van der Waals surface area (Å²) in [5, 5.41) is 6.05. The Balaban J connectivity index is 2.00. The standard InChI is InChI=1S/C16H15F3N2O3S/c1-22-13-7-11(8-14(9-13)23-2)21-15(25)20-10-3-5-12(6-4-10)24-16(17,18)19/h3-9H,1-2H3,(H2,20,21,25). The van der Waals surface area contributed by atoms with E-state index in [0.717, 1.165) is 0 Å². The lowest BCUT2D eigenvalue weighted by molar-refractivity contribution is -0.274. The minimum Gasteiger partial charge on any atom is -0.497 e. The Morgan fingerprint density at radius 1 is 0.840 bits per heavy atom. The van der Waals surface area contributed by atoms with E-state index >= 15 is 0 Å². The Bertz CT molecular complexity index is 714. The van der Waals surface area contributed by atoms with Gasteiger partial charge < -0.3 is 24.8 Å². The number of alkyl halides is 3. The number of hydrogen-bond acceptors (Lipinski definition) is 4. The maximum Gasteiger partial charge on any atom is 0.573 e. The summed E-state index contributed by atoms with van der Waals surface area (Å²) in [5.41, 5.74) is 1.13. The molecule has 0 saturated heterocycles. The van der Waals surface area contributed by atoms with Crippen molar-refractivity contribution >= 4 is 28.7 Å². The molecule has 134 valence electrons. The number of methoxy groups -OCH3 is 2. The van der Waals surface area contributed by atoms with Gasteiger partial charge in [0.15, 0.2) is 5.11 Å². The third kappa shape index (κ3) is 6.03. The van der Waals surface area contributed by atoms with Crippen molar-refractivity contribution in [1.82, 2.24) is 0 Å². The molecule has 9 heteroatoms. The van der Waals surface area contributed by atoms with Crippen LogP contribution < -0.4 is 24.8 Å². The van der Waals surface area contributed by atoms with Crippen molar-refractivity contribution in [3.8, 4) is 17.2 Å². The number of halogens is 3. The van der Waals surface area contributed by atoms with E-state index in [2.05, 4.69) is 15.4 Å². The molecule has 0 aliphatic heterocycles. The van der Waals surface area contributed by atoms with Crippen molar-refractivity contribution < 1.29 is 27.4 Å². The maximum atomic E-state index is 12.1. The summed E-state index contributed by atoms with van der Waals surface area (Å²) in [5.74, 6) is 0.853. The van der Waals surface area contributed by atoms with Crippen molar-refractivity contribution in [1.29, 1.82) is 0 Å².